The van der Waals surface area contributed by atoms with Crippen LogP contribution in [0.15, 0.2) is 30.3 Å². The molecule has 0 saturated carbocycles. The molecule has 1 saturated heterocycles. The Hall–Kier alpha value is -3.10. The van der Waals surface area contributed by atoms with Gasteiger partial charge in [-0.3, -0.25) is 4.79 Å². The number of alkyl carbamates (subject to hydrolysis) is 1. The molecule has 146 valence electrons. The van der Waals surface area contributed by atoms with Crippen molar-refractivity contribution in [2.75, 3.05) is 0 Å². The van der Waals surface area contributed by atoms with E-state index in [9.17, 15) is 19.2 Å². The maximum absolute atomic E-state index is 12.8. The Morgan fingerprint density at radius 1 is 1.07 bits per heavy atom. The van der Waals surface area contributed by atoms with Crippen LogP contribution in [-0.2, 0) is 25.5 Å². The van der Waals surface area contributed by atoms with Crippen LogP contribution in [-0.4, -0.2) is 62.8 Å². The molecule has 1 fully saturated rings. The van der Waals surface area contributed by atoms with E-state index in [4.69, 9.17) is 14.9 Å². The van der Waals surface area contributed by atoms with Crippen molar-refractivity contribution in [1.29, 1.82) is 0 Å². The number of rotatable bonds is 6. The van der Waals surface area contributed by atoms with E-state index in [0.29, 0.717) is 5.56 Å². The summed E-state index contributed by atoms with van der Waals surface area (Å²) in [7, 11) is 0. The van der Waals surface area contributed by atoms with Gasteiger partial charge in [-0.15, -0.1) is 0 Å². The normalized spacial score (nSPS) is 19.7. The molecule has 9 heteroatoms. The second-order valence-electron chi connectivity index (χ2n) is 7.20. The van der Waals surface area contributed by atoms with Crippen molar-refractivity contribution in [3.8, 4) is 0 Å². The van der Waals surface area contributed by atoms with Crippen LogP contribution >= 0.6 is 0 Å². The molecule has 0 unspecified atom stereocenters. The van der Waals surface area contributed by atoms with Gasteiger partial charge in [-0.2, -0.15) is 0 Å². The Morgan fingerprint density at radius 3 is 2.04 bits per heavy atom. The number of hydrogen-bond donors (Lipinski definition) is 3. The number of aliphatic carboxylic acids is 2. The Balaban J connectivity index is 2.20. The maximum Gasteiger partial charge on any atom is 0.408 e. The highest BCUT2D eigenvalue weighted by molar-refractivity contribution is 6.01. The number of nitrogens with one attached hydrogen (secondary N) is 1. The molecule has 1 aromatic rings. The highest BCUT2D eigenvalue weighted by Gasteiger charge is 2.61. The molecule has 3 N–H and O–H groups in total. The fourth-order valence-corrected chi connectivity index (χ4v) is 2.69. The molecule has 1 aromatic carbocycles. The number of ether oxygens (including phenoxy) is 1. The zero-order valence-corrected chi connectivity index (χ0v) is 15.2. The van der Waals surface area contributed by atoms with Crippen LogP contribution in [0.2, 0.25) is 0 Å². The van der Waals surface area contributed by atoms with Crippen molar-refractivity contribution < 1.29 is 34.1 Å². The standard InChI is InChI=1S/C18H22N2O7/c1-18(2,3)27-17(26)19-11(9-10-7-5-4-6-8-10)14(21)20-12(15(22)23)13(20)16(24)25/h4-8,11-13H,9H2,1-3H3,(H,19,26)(H,22,23)(H,24,25)/t11-,12-,13-/m0/s1. The summed E-state index contributed by atoms with van der Waals surface area (Å²) < 4.78 is 5.15. The fourth-order valence-electron chi connectivity index (χ4n) is 2.69. The van der Waals surface area contributed by atoms with Crippen molar-refractivity contribution in [3.63, 3.8) is 0 Å². The largest absolute Gasteiger partial charge is 0.480 e. The molecule has 1 aliphatic rings. The molecular weight excluding hydrogens is 356 g/mol. The van der Waals surface area contributed by atoms with E-state index in [0.717, 1.165) is 4.90 Å². The number of nitrogens with zero attached hydrogens (tertiary/aromatic N) is 1. The number of amides is 2. The van der Waals surface area contributed by atoms with Gasteiger partial charge in [-0.05, 0) is 26.3 Å². The molecule has 3 atom stereocenters. The van der Waals surface area contributed by atoms with Gasteiger partial charge >= 0.3 is 18.0 Å². The number of hydrogen-bond acceptors (Lipinski definition) is 5. The predicted octanol–water partition coefficient (Wildman–Crippen LogP) is 0.871. The first kappa shape index (κ1) is 20.2. The Labute approximate surface area is 155 Å². The van der Waals surface area contributed by atoms with Gasteiger partial charge in [0.05, 0.1) is 0 Å². The van der Waals surface area contributed by atoms with E-state index < -0.39 is 47.7 Å². The lowest BCUT2D eigenvalue weighted by Crippen LogP contribution is -2.48. The third-order valence-corrected chi connectivity index (χ3v) is 3.84. The summed E-state index contributed by atoms with van der Waals surface area (Å²) in [5, 5.41) is 20.7. The predicted molar refractivity (Wildman–Crippen MR) is 93.0 cm³/mol. The van der Waals surface area contributed by atoms with Crippen LogP contribution in [0.4, 0.5) is 4.79 Å². The molecule has 1 aliphatic heterocycles. The lowest BCUT2D eigenvalue weighted by atomic mass is 10.1. The lowest BCUT2D eigenvalue weighted by molar-refractivity contribution is -0.140. The zero-order chi connectivity index (χ0) is 20.4. The minimum Gasteiger partial charge on any atom is -0.480 e. The van der Waals surface area contributed by atoms with E-state index in [-0.39, 0.29) is 6.42 Å². The molecule has 0 aliphatic carbocycles. The minimum absolute atomic E-state index is 0.0636. The molecule has 0 spiro atoms. The van der Waals surface area contributed by atoms with E-state index in [2.05, 4.69) is 5.32 Å². The van der Waals surface area contributed by atoms with Gasteiger partial charge in [-0.25, -0.2) is 14.4 Å². The monoisotopic (exact) mass is 378 g/mol. The third kappa shape index (κ3) is 5.19. The second kappa shape index (κ2) is 7.65. The molecule has 1 heterocycles. The van der Waals surface area contributed by atoms with E-state index >= 15 is 0 Å². The van der Waals surface area contributed by atoms with Gasteiger partial charge in [0.25, 0.3) is 0 Å². The summed E-state index contributed by atoms with van der Waals surface area (Å²) in [6, 6.07) is 4.71. The molecular formula is C18H22N2O7. The Bertz CT molecular complexity index is 722. The van der Waals surface area contributed by atoms with E-state index in [1.54, 1.807) is 51.1 Å². The van der Waals surface area contributed by atoms with Gasteiger partial charge in [0.1, 0.15) is 11.6 Å². The smallest absolute Gasteiger partial charge is 0.408 e. The van der Waals surface area contributed by atoms with Crippen LogP contribution < -0.4 is 5.32 Å². The molecule has 0 radical (unpaired) electrons. The van der Waals surface area contributed by atoms with Gasteiger partial charge in [0, 0.05) is 6.42 Å². The van der Waals surface area contributed by atoms with E-state index in [1.807, 2.05) is 0 Å². The maximum atomic E-state index is 12.8. The van der Waals surface area contributed by atoms with Crippen LogP contribution in [0.25, 0.3) is 0 Å². The first-order chi connectivity index (χ1) is 12.5. The topological polar surface area (TPSA) is 133 Å². The van der Waals surface area contributed by atoms with Crippen LogP contribution in [0, 0.1) is 0 Å². The Kier molecular flexibility index (Phi) is 5.72. The SMILES string of the molecule is CC(C)(C)OC(=O)N[C@@H](Cc1ccccc1)C(=O)N1[C@H](C(=O)O)[C@H]1C(=O)O. The zero-order valence-electron chi connectivity index (χ0n) is 15.2. The number of carboxylic acid groups (broad SMARTS) is 2. The first-order valence-corrected chi connectivity index (χ1v) is 8.32. The van der Waals surface area contributed by atoms with Crippen LogP contribution in [0.1, 0.15) is 26.3 Å². The average Bonchev–Trinajstić information content (AvgIpc) is 3.29. The van der Waals surface area contributed by atoms with Gasteiger partial charge in [0.15, 0.2) is 12.1 Å². The average molecular weight is 378 g/mol. The molecule has 2 amide bonds. The summed E-state index contributed by atoms with van der Waals surface area (Å²) in [5.41, 5.74) is -0.0789. The first-order valence-electron chi connectivity index (χ1n) is 8.32. The highest BCUT2D eigenvalue weighted by Crippen LogP contribution is 2.30. The molecule has 0 bridgehead atoms. The van der Waals surface area contributed by atoms with Crippen LogP contribution in [0.5, 0.6) is 0 Å². The summed E-state index contributed by atoms with van der Waals surface area (Å²) in [5.74, 6) is -3.61. The summed E-state index contributed by atoms with van der Waals surface area (Å²) in [6.07, 6.45) is -0.786. The van der Waals surface area contributed by atoms with Crippen molar-refractivity contribution in [3.05, 3.63) is 35.9 Å². The number of carboxylic acids is 2. The van der Waals surface area contributed by atoms with Crippen molar-refractivity contribution in [1.82, 2.24) is 10.2 Å². The molecule has 27 heavy (non-hydrogen) atoms. The third-order valence-electron chi connectivity index (χ3n) is 3.84. The summed E-state index contributed by atoms with van der Waals surface area (Å²) in [6.45, 7) is 4.98. The second-order valence-corrected chi connectivity index (χ2v) is 7.20. The molecule has 2 rings (SSSR count). The summed E-state index contributed by atoms with van der Waals surface area (Å²) in [4.78, 5) is 48.0. The fraction of sp³-hybridized carbons (Fsp3) is 0.444. The number of carbonyl (C=O) groups is 4. The number of carbonyl (C=O) groups excluding carboxylic acids is 2. The quantitative estimate of drug-likeness (QED) is 0.626. The van der Waals surface area contributed by atoms with Gasteiger partial charge < -0.3 is 25.2 Å². The summed E-state index contributed by atoms with van der Waals surface area (Å²) >= 11 is 0. The van der Waals surface area contributed by atoms with Crippen molar-refractivity contribution in [2.45, 2.75) is 50.9 Å². The highest BCUT2D eigenvalue weighted by atomic mass is 16.6. The van der Waals surface area contributed by atoms with Gasteiger partial charge in [0.2, 0.25) is 5.91 Å². The van der Waals surface area contributed by atoms with E-state index in [1.165, 1.54) is 0 Å². The minimum atomic E-state index is -1.45. The number of benzene rings is 1. The Morgan fingerprint density at radius 2 is 1.59 bits per heavy atom. The van der Waals surface area contributed by atoms with Crippen LogP contribution in [0.3, 0.4) is 0 Å². The molecule has 9 nitrogen and oxygen atoms in total. The molecule has 0 aromatic heterocycles. The lowest BCUT2D eigenvalue weighted by Gasteiger charge is -2.23. The van der Waals surface area contributed by atoms with Crippen molar-refractivity contribution in [2.24, 2.45) is 0 Å². The van der Waals surface area contributed by atoms with Crippen molar-refractivity contribution >= 4 is 23.9 Å². The van der Waals surface area contributed by atoms with Gasteiger partial charge in [-0.1, -0.05) is 30.3 Å².